The Hall–Kier alpha value is -2.20. The first-order valence-electron chi connectivity index (χ1n) is 9.77. The van der Waals surface area contributed by atoms with Crippen molar-refractivity contribution >= 4 is 40.5 Å². The molecule has 0 bridgehead atoms. The largest absolute Gasteiger partial charge is 0.573 e. The van der Waals surface area contributed by atoms with Crippen LogP contribution < -0.4 is 9.64 Å². The van der Waals surface area contributed by atoms with Crippen LogP contribution in [0.5, 0.6) is 5.75 Å². The number of ketones is 1. The van der Waals surface area contributed by atoms with E-state index in [1.807, 2.05) is 18.7 Å². The van der Waals surface area contributed by atoms with E-state index in [2.05, 4.69) is 4.74 Å². The Balaban J connectivity index is 1.38. The zero-order valence-corrected chi connectivity index (χ0v) is 18.6. The van der Waals surface area contributed by atoms with E-state index >= 15 is 0 Å². The predicted molar refractivity (Wildman–Crippen MR) is 114 cm³/mol. The van der Waals surface area contributed by atoms with Crippen LogP contribution in [0.15, 0.2) is 34.5 Å². The zero-order chi connectivity index (χ0) is 22.4. The van der Waals surface area contributed by atoms with Gasteiger partial charge in [-0.25, -0.2) is 0 Å². The monoisotopic (exact) mass is 470 g/mol. The second kappa shape index (κ2) is 8.05. The number of carbonyl (C=O) groups is 2. The van der Waals surface area contributed by atoms with E-state index in [1.54, 1.807) is 34.9 Å². The Kier molecular flexibility index (Phi) is 5.72. The Labute approximate surface area is 186 Å². The van der Waals surface area contributed by atoms with Crippen LogP contribution in [0.4, 0.5) is 18.9 Å². The van der Waals surface area contributed by atoms with Crippen molar-refractivity contribution in [3.63, 3.8) is 0 Å². The Morgan fingerprint density at radius 2 is 1.74 bits per heavy atom. The van der Waals surface area contributed by atoms with E-state index in [9.17, 15) is 22.8 Å². The van der Waals surface area contributed by atoms with Crippen LogP contribution in [0.3, 0.4) is 0 Å². The van der Waals surface area contributed by atoms with E-state index < -0.39 is 6.36 Å². The maximum Gasteiger partial charge on any atom is 0.573 e. The van der Waals surface area contributed by atoms with Gasteiger partial charge >= 0.3 is 6.36 Å². The first-order chi connectivity index (χ1) is 14.5. The Morgan fingerprint density at radius 3 is 2.35 bits per heavy atom. The van der Waals surface area contributed by atoms with Gasteiger partial charge in [-0.3, -0.25) is 9.59 Å². The molecule has 166 valence electrons. The van der Waals surface area contributed by atoms with Crippen molar-refractivity contribution < 1.29 is 27.5 Å². The molecule has 2 aliphatic heterocycles. The molecule has 1 aromatic carbocycles. The number of benzene rings is 1. The molecular formula is C21H21F3N2O3S2. The maximum absolute atomic E-state index is 13.0. The molecule has 10 heteroatoms. The Bertz CT molecular complexity index is 994. The minimum absolute atomic E-state index is 0.0804. The lowest BCUT2D eigenvalue weighted by Gasteiger charge is -2.36. The SMILES string of the molecule is CC1(C)CC(=O)c2cc(C(=O)N3CCN(c4ccc(OC(F)(F)F)cc4)CC3)sc2S1. The predicted octanol–water partition coefficient (Wildman–Crippen LogP) is 5.07. The van der Waals surface area contributed by atoms with E-state index in [0.717, 1.165) is 9.90 Å². The minimum Gasteiger partial charge on any atom is -0.406 e. The first-order valence-corrected chi connectivity index (χ1v) is 11.4. The number of carbonyl (C=O) groups excluding carboxylic acids is 2. The molecule has 1 saturated heterocycles. The number of halogens is 3. The molecule has 3 heterocycles. The molecule has 0 N–H and O–H groups in total. The van der Waals surface area contributed by atoms with Crippen molar-refractivity contribution in [2.45, 2.75) is 35.6 Å². The quantitative estimate of drug-likeness (QED) is 0.627. The van der Waals surface area contributed by atoms with Gasteiger partial charge in [-0.1, -0.05) is 0 Å². The molecule has 2 aliphatic rings. The number of hydrogen-bond acceptors (Lipinski definition) is 6. The van der Waals surface area contributed by atoms with E-state index in [1.165, 1.54) is 23.5 Å². The third kappa shape index (κ3) is 5.01. The lowest BCUT2D eigenvalue weighted by molar-refractivity contribution is -0.274. The highest BCUT2D eigenvalue weighted by molar-refractivity contribution is 8.02. The molecule has 0 unspecified atom stereocenters. The molecule has 2 aromatic rings. The van der Waals surface area contributed by atoms with Gasteiger partial charge in [0.15, 0.2) is 5.78 Å². The fourth-order valence-electron chi connectivity index (χ4n) is 3.70. The number of ether oxygens (including phenoxy) is 1. The fourth-order valence-corrected chi connectivity index (χ4v) is 6.68. The molecule has 0 radical (unpaired) electrons. The number of nitrogens with zero attached hydrogens (tertiary/aromatic N) is 2. The van der Waals surface area contributed by atoms with Gasteiger partial charge in [0.05, 0.1) is 9.09 Å². The van der Waals surface area contributed by atoms with Gasteiger partial charge < -0.3 is 14.5 Å². The average molecular weight is 471 g/mol. The molecule has 0 saturated carbocycles. The number of hydrogen-bond donors (Lipinski definition) is 0. The molecular weight excluding hydrogens is 449 g/mol. The summed E-state index contributed by atoms with van der Waals surface area (Å²) in [4.78, 5) is 29.7. The molecule has 1 amide bonds. The Morgan fingerprint density at radius 1 is 1.10 bits per heavy atom. The van der Waals surface area contributed by atoms with Gasteiger partial charge in [-0.2, -0.15) is 0 Å². The minimum atomic E-state index is -4.71. The van der Waals surface area contributed by atoms with Gasteiger partial charge in [0.1, 0.15) is 5.75 Å². The molecule has 1 aromatic heterocycles. The average Bonchev–Trinajstić information content (AvgIpc) is 3.10. The van der Waals surface area contributed by atoms with Crippen LogP contribution in [0.2, 0.25) is 0 Å². The van der Waals surface area contributed by atoms with E-state index in [0.29, 0.717) is 43.0 Å². The van der Waals surface area contributed by atoms with Crippen molar-refractivity contribution in [3.05, 3.63) is 40.8 Å². The van der Waals surface area contributed by atoms with Gasteiger partial charge in [-0.15, -0.1) is 36.3 Å². The van der Waals surface area contributed by atoms with Crippen LogP contribution in [0.25, 0.3) is 0 Å². The smallest absolute Gasteiger partial charge is 0.406 e. The van der Waals surface area contributed by atoms with E-state index in [-0.39, 0.29) is 22.2 Å². The number of anilines is 1. The maximum atomic E-state index is 13.0. The van der Waals surface area contributed by atoms with Crippen LogP contribution in [0.1, 0.15) is 40.3 Å². The molecule has 0 aliphatic carbocycles. The second-order valence-corrected chi connectivity index (χ2v) is 11.1. The summed E-state index contributed by atoms with van der Waals surface area (Å²) in [5.74, 6) is -0.265. The van der Waals surface area contributed by atoms with E-state index in [4.69, 9.17) is 0 Å². The number of amides is 1. The summed E-state index contributed by atoms with van der Waals surface area (Å²) >= 11 is 3.02. The highest BCUT2D eigenvalue weighted by Crippen LogP contribution is 2.46. The second-order valence-electron chi connectivity index (χ2n) is 8.09. The number of rotatable bonds is 3. The first kappa shape index (κ1) is 22.0. The summed E-state index contributed by atoms with van der Waals surface area (Å²) < 4.78 is 41.5. The highest BCUT2D eigenvalue weighted by Gasteiger charge is 2.35. The topological polar surface area (TPSA) is 49.9 Å². The van der Waals surface area contributed by atoms with Crippen LogP contribution in [-0.2, 0) is 0 Å². The van der Waals surface area contributed by atoms with Crippen molar-refractivity contribution in [1.29, 1.82) is 0 Å². The molecule has 0 atom stereocenters. The zero-order valence-electron chi connectivity index (χ0n) is 17.0. The lowest BCUT2D eigenvalue weighted by Crippen LogP contribution is -2.48. The summed E-state index contributed by atoms with van der Waals surface area (Å²) in [6.45, 7) is 6.18. The van der Waals surface area contributed by atoms with Crippen molar-refractivity contribution in [3.8, 4) is 5.75 Å². The molecule has 1 fully saturated rings. The number of piperazine rings is 1. The fraction of sp³-hybridized carbons (Fsp3) is 0.429. The number of thiophene rings is 1. The third-order valence-corrected chi connectivity index (χ3v) is 7.69. The van der Waals surface area contributed by atoms with Crippen LogP contribution in [0, 0.1) is 0 Å². The van der Waals surface area contributed by atoms with Crippen LogP contribution in [-0.4, -0.2) is 53.9 Å². The normalized spacial score (nSPS) is 18.7. The van der Waals surface area contributed by atoms with Gasteiger partial charge in [-0.05, 0) is 44.2 Å². The number of thioether (sulfide) groups is 1. The summed E-state index contributed by atoms with van der Waals surface area (Å²) in [6, 6.07) is 7.45. The van der Waals surface area contributed by atoms with Crippen LogP contribution >= 0.6 is 23.1 Å². The highest BCUT2D eigenvalue weighted by atomic mass is 32.2. The summed E-state index contributed by atoms with van der Waals surface area (Å²) in [5.41, 5.74) is 1.43. The summed E-state index contributed by atoms with van der Waals surface area (Å²) in [7, 11) is 0. The van der Waals surface area contributed by atoms with Gasteiger partial charge in [0, 0.05) is 48.6 Å². The van der Waals surface area contributed by atoms with Gasteiger partial charge in [0.2, 0.25) is 0 Å². The van der Waals surface area contributed by atoms with Crippen molar-refractivity contribution in [1.82, 2.24) is 4.90 Å². The molecule has 5 nitrogen and oxygen atoms in total. The molecule has 4 rings (SSSR count). The number of fused-ring (bicyclic) bond motifs is 1. The van der Waals surface area contributed by atoms with Crippen molar-refractivity contribution in [2.75, 3.05) is 31.1 Å². The summed E-state index contributed by atoms with van der Waals surface area (Å²) in [5, 5.41) is 0. The summed E-state index contributed by atoms with van der Waals surface area (Å²) in [6.07, 6.45) is -4.26. The standard InChI is InChI=1S/C21H21F3N2O3S2/c1-20(2)12-16(27)15-11-17(30-19(15)31-20)18(28)26-9-7-25(8-10-26)13-3-5-14(6-4-13)29-21(22,23)24/h3-6,11H,7-10,12H2,1-2H3. The third-order valence-electron chi connectivity index (χ3n) is 5.17. The van der Waals surface area contributed by atoms with Crippen molar-refractivity contribution in [2.24, 2.45) is 0 Å². The molecule has 0 spiro atoms. The lowest BCUT2D eigenvalue weighted by atomic mass is 10.0. The number of Topliss-reactive ketones (excluding diaryl/α,β-unsaturated/α-hetero) is 1. The van der Waals surface area contributed by atoms with Gasteiger partial charge in [0.25, 0.3) is 5.91 Å². The molecule has 31 heavy (non-hydrogen) atoms. The number of alkyl halides is 3.